The average Bonchev–Trinajstić information content (AvgIpc) is 2.59. The molecule has 2 rings (SSSR count). The van der Waals surface area contributed by atoms with Crippen LogP contribution in [0, 0.1) is 6.92 Å². The summed E-state index contributed by atoms with van der Waals surface area (Å²) in [5.74, 6) is -1.27. The van der Waals surface area contributed by atoms with Crippen LogP contribution in [0.5, 0.6) is 5.75 Å². The highest BCUT2D eigenvalue weighted by Gasteiger charge is 2.22. The summed E-state index contributed by atoms with van der Waals surface area (Å²) in [7, 11) is 2.90. The number of ether oxygens (including phenoxy) is 2. The Bertz CT molecular complexity index is 734. The van der Waals surface area contributed by atoms with Crippen molar-refractivity contribution in [3.8, 4) is 5.75 Å². The quantitative estimate of drug-likeness (QED) is 0.824. The summed E-state index contributed by atoms with van der Waals surface area (Å²) < 4.78 is 9.82. The van der Waals surface area contributed by atoms with Gasteiger partial charge in [0.2, 0.25) is 0 Å². The SMILES string of the molecule is COC(=O)c1ccc(CC(C(=O)O)c2ccc(OC)cc2C)cc1. The molecule has 0 aromatic heterocycles. The number of esters is 1. The molecule has 2 aromatic carbocycles. The zero-order valence-electron chi connectivity index (χ0n) is 13.9. The van der Waals surface area contributed by atoms with Crippen molar-refractivity contribution in [1.29, 1.82) is 0 Å². The number of carboxylic acids is 1. The highest BCUT2D eigenvalue weighted by atomic mass is 16.5. The summed E-state index contributed by atoms with van der Waals surface area (Å²) in [6, 6.07) is 12.2. The van der Waals surface area contributed by atoms with Crippen molar-refractivity contribution >= 4 is 11.9 Å². The third-order valence-electron chi connectivity index (χ3n) is 3.97. The van der Waals surface area contributed by atoms with E-state index in [2.05, 4.69) is 4.74 Å². The van der Waals surface area contributed by atoms with E-state index in [9.17, 15) is 14.7 Å². The van der Waals surface area contributed by atoms with E-state index in [1.165, 1.54) is 7.11 Å². The first kappa shape index (κ1) is 17.5. The molecule has 5 nitrogen and oxygen atoms in total. The van der Waals surface area contributed by atoms with Crippen LogP contribution >= 0.6 is 0 Å². The van der Waals surface area contributed by atoms with Gasteiger partial charge in [-0.3, -0.25) is 4.79 Å². The number of methoxy groups -OCH3 is 2. The van der Waals surface area contributed by atoms with Gasteiger partial charge in [0.05, 0.1) is 25.7 Å². The molecule has 0 saturated carbocycles. The van der Waals surface area contributed by atoms with E-state index in [4.69, 9.17) is 4.74 Å². The minimum Gasteiger partial charge on any atom is -0.497 e. The number of rotatable bonds is 6. The van der Waals surface area contributed by atoms with E-state index < -0.39 is 17.9 Å². The molecule has 126 valence electrons. The first-order valence-electron chi connectivity index (χ1n) is 7.51. The van der Waals surface area contributed by atoms with Crippen LogP contribution in [0.2, 0.25) is 0 Å². The number of benzene rings is 2. The Morgan fingerprint density at radius 3 is 2.25 bits per heavy atom. The summed E-state index contributed by atoms with van der Waals surface area (Å²) >= 11 is 0. The highest BCUT2D eigenvalue weighted by Crippen LogP contribution is 2.27. The second-order valence-corrected chi connectivity index (χ2v) is 5.51. The molecule has 1 atom stereocenters. The van der Waals surface area contributed by atoms with E-state index in [-0.39, 0.29) is 0 Å². The molecular weight excluding hydrogens is 308 g/mol. The number of aliphatic carboxylic acids is 1. The molecule has 0 aliphatic heterocycles. The largest absolute Gasteiger partial charge is 0.497 e. The summed E-state index contributed by atoms with van der Waals surface area (Å²) in [5.41, 5.74) is 2.90. The van der Waals surface area contributed by atoms with Crippen molar-refractivity contribution in [1.82, 2.24) is 0 Å². The molecule has 0 spiro atoms. The van der Waals surface area contributed by atoms with Crippen LogP contribution in [-0.2, 0) is 16.0 Å². The first-order valence-corrected chi connectivity index (χ1v) is 7.51. The van der Waals surface area contributed by atoms with Crippen LogP contribution in [0.25, 0.3) is 0 Å². The topological polar surface area (TPSA) is 72.8 Å². The average molecular weight is 328 g/mol. The van der Waals surface area contributed by atoms with Gasteiger partial charge in [0.25, 0.3) is 0 Å². The van der Waals surface area contributed by atoms with E-state index in [1.807, 2.05) is 13.0 Å². The van der Waals surface area contributed by atoms with Crippen LogP contribution < -0.4 is 4.74 Å². The fraction of sp³-hybridized carbons (Fsp3) is 0.263. The maximum absolute atomic E-state index is 11.7. The molecule has 0 amide bonds. The molecule has 1 N–H and O–H groups in total. The Labute approximate surface area is 140 Å². The van der Waals surface area contributed by atoms with Gasteiger partial charge in [-0.1, -0.05) is 18.2 Å². The lowest BCUT2D eigenvalue weighted by Gasteiger charge is -2.16. The van der Waals surface area contributed by atoms with Crippen molar-refractivity contribution in [2.45, 2.75) is 19.3 Å². The van der Waals surface area contributed by atoms with Crippen molar-refractivity contribution in [2.24, 2.45) is 0 Å². The van der Waals surface area contributed by atoms with Crippen molar-refractivity contribution in [3.05, 3.63) is 64.7 Å². The molecule has 0 radical (unpaired) electrons. The van der Waals surface area contributed by atoms with Crippen LogP contribution in [0.3, 0.4) is 0 Å². The molecule has 5 heteroatoms. The lowest BCUT2D eigenvalue weighted by Crippen LogP contribution is -2.16. The van der Waals surface area contributed by atoms with E-state index in [0.29, 0.717) is 17.7 Å². The number of hydrogen-bond donors (Lipinski definition) is 1. The number of hydrogen-bond acceptors (Lipinski definition) is 4. The summed E-state index contributed by atoms with van der Waals surface area (Å²) in [5, 5.41) is 9.61. The normalized spacial score (nSPS) is 11.6. The minimum atomic E-state index is -0.889. The van der Waals surface area contributed by atoms with E-state index in [0.717, 1.165) is 16.7 Å². The van der Waals surface area contributed by atoms with Gasteiger partial charge in [0.15, 0.2) is 0 Å². The third-order valence-corrected chi connectivity index (χ3v) is 3.97. The zero-order valence-corrected chi connectivity index (χ0v) is 13.9. The standard InChI is InChI=1S/C19H20O5/c1-12-10-15(23-2)8-9-16(12)17(18(20)21)11-13-4-6-14(7-5-13)19(22)24-3/h4-10,17H,11H2,1-3H3,(H,20,21). The molecule has 0 fully saturated rings. The molecular formula is C19H20O5. The number of aryl methyl sites for hydroxylation is 1. The smallest absolute Gasteiger partial charge is 0.337 e. The Morgan fingerprint density at radius 2 is 1.75 bits per heavy atom. The van der Waals surface area contributed by atoms with Gasteiger partial charge in [-0.15, -0.1) is 0 Å². The maximum Gasteiger partial charge on any atom is 0.337 e. The second kappa shape index (κ2) is 7.64. The Hall–Kier alpha value is -2.82. The van der Waals surface area contributed by atoms with Crippen LogP contribution in [-0.4, -0.2) is 31.3 Å². The lowest BCUT2D eigenvalue weighted by atomic mass is 9.89. The molecule has 2 aromatic rings. The molecule has 0 bridgehead atoms. The van der Waals surface area contributed by atoms with Gasteiger partial charge in [0.1, 0.15) is 5.75 Å². The Kier molecular flexibility index (Phi) is 5.58. The highest BCUT2D eigenvalue weighted by molar-refractivity contribution is 5.89. The molecule has 0 aliphatic rings. The summed E-state index contributed by atoms with van der Waals surface area (Å²) in [6.07, 6.45) is 0.337. The molecule has 0 heterocycles. The predicted molar refractivity (Wildman–Crippen MR) is 89.6 cm³/mol. The molecule has 0 saturated heterocycles. The molecule has 0 aliphatic carbocycles. The van der Waals surface area contributed by atoms with Crippen molar-refractivity contribution in [2.75, 3.05) is 14.2 Å². The maximum atomic E-state index is 11.7. The van der Waals surface area contributed by atoms with Crippen LogP contribution in [0.4, 0.5) is 0 Å². The summed E-state index contributed by atoms with van der Waals surface area (Å²) in [4.78, 5) is 23.2. The van der Waals surface area contributed by atoms with Gasteiger partial charge >= 0.3 is 11.9 Å². The Balaban J connectivity index is 2.26. The molecule has 24 heavy (non-hydrogen) atoms. The lowest BCUT2D eigenvalue weighted by molar-refractivity contribution is -0.138. The van der Waals surface area contributed by atoms with Crippen molar-refractivity contribution in [3.63, 3.8) is 0 Å². The van der Waals surface area contributed by atoms with Crippen molar-refractivity contribution < 1.29 is 24.2 Å². The summed E-state index contributed by atoms with van der Waals surface area (Å²) in [6.45, 7) is 1.87. The van der Waals surface area contributed by atoms with E-state index >= 15 is 0 Å². The van der Waals surface area contributed by atoms with Gasteiger partial charge in [0, 0.05) is 0 Å². The fourth-order valence-corrected chi connectivity index (χ4v) is 2.63. The van der Waals surface area contributed by atoms with Crippen LogP contribution in [0.15, 0.2) is 42.5 Å². The van der Waals surface area contributed by atoms with Gasteiger partial charge in [-0.2, -0.15) is 0 Å². The van der Waals surface area contributed by atoms with Crippen LogP contribution in [0.1, 0.15) is 33.0 Å². The molecule has 1 unspecified atom stereocenters. The first-order chi connectivity index (χ1) is 11.5. The Morgan fingerprint density at radius 1 is 1.08 bits per heavy atom. The second-order valence-electron chi connectivity index (χ2n) is 5.51. The zero-order chi connectivity index (χ0) is 17.7. The monoisotopic (exact) mass is 328 g/mol. The predicted octanol–water partition coefficient (Wildman–Crippen LogP) is 3.20. The van der Waals surface area contributed by atoms with Gasteiger partial charge in [-0.25, -0.2) is 4.79 Å². The number of carbonyl (C=O) groups is 2. The van der Waals surface area contributed by atoms with Gasteiger partial charge in [-0.05, 0) is 54.3 Å². The van der Waals surface area contributed by atoms with Gasteiger partial charge < -0.3 is 14.6 Å². The minimum absolute atomic E-state index is 0.337. The fourth-order valence-electron chi connectivity index (χ4n) is 2.63. The van der Waals surface area contributed by atoms with E-state index in [1.54, 1.807) is 43.5 Å². The number of carbonyl (C=O) groups excluding carboxylic acids is 1. The number of carboxylic acid groups (broad SMARTS) is 1. The third kappa shape index (κ3) is 3.93.